The highest BCUT2D eigenvalue weighted by Crippen LogP contribution is 2.35. The molecule has 5 rings (SSSR count). The van der Waals surface area contributed by atoms with Crippen LogP contribution in [-0.4, -0.2) is 77.8 Å². The molecule has 3 heterocycles. The summed E-state index contributed by atoms with van der Waals surface area (Å²) in [5.74, 6) is 1.44. The summed E-state index contributed by atoms with van der Waals surface area (Å²) in [7, 11) is 0. The summed E-state index contributed by atoms with van der Waals surface area (Å²) in [6.07, 6.45) is -0.366. The maximum absolute atomic E-state index is 13.5. The number of ether oxygens (including phenoxy) is 2. The first-order valence-corrected chi connectivity index (χ1v) is 11.1. The Morgan fingerprint density at radius 3 is 2.56 bits per heavy atom. The van der Waals surface area contributed by atoms with Gasteiger partial charge in [0, 0.05) is 43.7 Å². The van der Waals surface area contributed by atoms with Crippen LogP contribution in [0.2, 0.25) is 0 Å². The summed E-state index contributed by atoms with van der Waals surface area (Å²) < 4.78 is 11.4. The first-order valence-electron chi connectivity index (χ1n) is 11.1. The molecule has 3 aromatic rings. The number of aliphatic hydroxyl groups excluding tert-OH is 1. The maximum Gasteiger partial charge on any atom is 0.254 e. The number of para-hydroxylation sites is 1. The van der Waals surface area contributed by atoms with Crippen molar-refractivity contribution < 1.29 is 19.4 Å². The molecule has 2 aliphatic heterocycles. The molecule has 1 N–H and O–H groups in total. The zero-order valence-corrected chi connectivity index (χ0v) is 18.2. The molecule has 1 amide bonds. The van der Waals surface area contributed by atoms with Crippen LogP contribution < -0.4 is 9.47 Å². The highest BCUT2D eigenvalue weighted by atomic mass is 16.6. The number of carbonyl (C=O) groups excluding carboxylic acids is 1. The van der Waals surface area contributed by atoms with Gasteiger partial charge in [0.1, 0.15) is 13.2 Å². The van der Waals surface area contributed by atoms with E-state index in [-0.39, 0.29) is 12.0 Å². The van der Waals surface area contributed by atoms with E-state index >= 15 is 0 Å². The second-order valence-corrected chi connectivity index (χ2v) is 8.37. The molecule has 0 radical (unpaired) electrons. The zero-order valence-electron chi connectivity index (χ0n) is 18.2. The Labute approximate surface area is 187 Å². The van der Waals surface area contributed by atoms with E-state index in [1.165, 1.54) is 0 Å². The van der Waals surface area contributed by atoms with Gasteiger partial charge in [-0.2, -0.15) is 0 Å². The molecule has 0 spiro atoms. The SMILES string of the molecule is C[C@@H](O)CN1CCN(C(=O)c2cc(-c3ccc4c(c3)OCCO4)nc3ccccc23)CC1. The Kier molecular flexibility index (Phi) is 5.68. The number of hydrogen-bond donors (Lipinski definition) is 1. The van der Waals surface area contributed by atoms with E-state index in [9.17, 15) is 9.90 Å². The van der Waals surface area contributed by atoms with Crippen LogP contribution in [0.1, 0.15) is 17.3 Å². The van der Waals surface area contributed by atoms with Crippen molar-refractivity contribution in [3.63, 3.8) is 0 Å². The smallest absolute Gasteiger partial charge is 0.254 e. The summed E-state index contributed by atoms with van der Waals surface area (Å²) in [4.78, 5) is 22.5. The molecule has 7 nitrogen and oxygen atoms in total. The fraction of sp³-hybridized carbons (Fsp3) is 0.360. The number of pyridine rings is 1. The molecule has 7 heteroatoms. The van der Waals surface area contributed by atoms with Gasteiger partial charge in [-0.3, -0.25) is 9.69 Å². The second kappa shape index (κ2) is 8.76. The Hall–Kier alpha value is -3.16. The standard InChI is InChI=1S/C25H27N3O4/c1-17(29)16-27-8-10-28(11-9-27)25(30)20-15-22(26-21-5-3-2-4-19(20)21)18-6-7-23-24(14-18)32-13-12-31-23/h2-7,14-15,17,29H,8-13,16H2,1H3/t17-/m1/s1. The van der Waals surface area contributed by atoms with Crippen molar-refractivity contribution >= 4 is 16.8 Å². The van der Waals surface area contributed by atoms with Crippen LogP contribution in [0.4, 0.5) is 0 Å². The fourth-order valence-corrected chi connectivity index (χ4v) is 4.38. The summed E-state index contributed by atoms with van der Waals surface area (Å²) in [5.41, 5.74) is 3.06. The molecule has 2 aromatic carbocycles. The lowest BCUT2D eigenvalue weighted by Crippen LogP contribution is -2.50. The van der Waals surface area contributed by atoms with Crippen LogP contribution in [0.15, 0.2) is 48.5 Å². The normalized spacial score (nSPS) is 17.4. The van der Waals surface area contributed by atoms with Crippen molar-refractivity contribution in [3.8, 4) is 22.8 Å². The first-order chi connectivity index (χ1) is 15.6. The van der Waals surface area contributed by atoms with E-state index in [2.05, 4.69) is 4.90 Å². The average molecular weight is 434 g/mol. The highest BCUT2D eigenvalue weighted by Gasteiger charge is 2.25. The van der Waals surface area contributed by atoms with E-state index in [1.54, 1.807) is 6.92 Å². The molecule has 32 heavy (non-hydrogen) atoms. The van der Waals surface area contributed by atoms with Gasteiger partial charge in [-0.25, -0.2) is 4.98 Å². The molecule has 1 saturated heterocycles. The average Bonchev–Trinajstić information content (AvgIpc) is 2.82. The molecule has 1 atom stereocenters. The van der Waals surface area contributed by atoms with Crippen LogP contribution >= 0.6 is 0 Å². The minimum atomic E-state index is -0.366. The molecular weight excluding hydrogens is 406 g/mol. The minimum absolute atomic E-state index is 0.0130. The molecule has 0 bridgehead atoms. The number of amides is 1. The lowest BCUT2D eigenvalue weighted by Gasteiger charge is -2.35. The molecule has 2 aliphatic rings. The van der Waals surface area contributed by atoms with E-state index < -0.39 is 0 Å². The molecule has 0 saturated carbocycles. The van der Waals surface area contributed by atoms with Gasteiger partial charge in [0.05, 0.1) is 22.9 Å². The van der Waals surface area contributed by atoms with Gasteiger partial charge in [-0.1, -0.05) is 18.2 Å². The van der Waals surface area contributed by atoms with Crippen molar-refractivity contribution in [1.29, 1.82) is 0 Å². The van der Waals surface area contributed by atoms with Gasteiger partial charge in [-0.05, 0) is 37.3 Å². The summed E-state index contributed by atoms with van der Waals surface area (Å²) in [6.45, 7) is 6.29. The number of hydrogen-bond acceptors (Lipinski definition) is 6. The van der Waals surface area contributed by atoms with Gasteiger partial charge in [0.2, 0.25) is 0 Å². The number of carbonyl (C=O) groups is 1. The molecule has 166 valence electrons. The van der Waals surface area contributed by atoms with E-state index in [0.29, 0.717) is 44.2 Å². The molecule has 1 aromatic heterocycles. The Balaban J connectivity index is 1.47. The minimum Gasteiger partial charge on any atom is -0.486 e. The highest BCUT2D eigenvalue weighted by molar-refractivity contribution is 6.07. The number of piperazine rings is 1. The van der Waals surface area contributed by atoms with Crippen molar-refractivity contribution in [2.24, 2.45) is 0 Å². The van der Waals surface area contributed by atoms with Crippen LogP contribution in [0, 0.1) is 0 Å². The summed E-state index contributed by atoms with van der Waals surface area (Å²) in [6, 6.07) is 15.4. The number of benzene rings is 2. The number of aromatic nitrogens is 1. The third-order valence-electron chi connectivity index (χ3n) is 5.97. The van der Waals surface area contributed by atoms with Crippen molar-refractivity contribution in [2.75, 3.05) is 45.9 Å². The quantitative estimate of drug-likeness (QED) is 0.682. The summed E-state index contributed by atoms with van der Waals surface area (Å²) in [5, 5.41) is 10.5. The van der Waals surface area contributed by atoms with Gasteiger partial charge in [0.25, 0.3) is 5.91 Å². The lowest BCUT2D eigenvalue weighted by atomic mass is 10.0. The maximum atomic E-state index is 13.5. The van der Waals surface area contributed by atoms with E-state index in [1.807, 2.05) is 53.4 Å². The Bertz CT molecular complexity index is 1140. The van der Waals surface area contributed by atoms with Crippen molar-refractivity contribution in [3.05, 3.63) is 54.1 Å². The predicted octanol–water partition coefficient (Wildman–Crippen LogP) is 2.81. The van der Waals surface area contributed by atoms with Gasteiger partial charge < -0.3 is 19.5 Å². The molecular formula is C25H27N3O4. The van der Waals surface area contributed by atoms with E-state index in [4.69, 9.17) is 14.5 Å². The van der Waals surface area contributed by atoms with Gasteiger partial charge in [0.15, 0.2) is 11.5 Å². The predicted molar refractivity (Wildman–Crippen MR) is 122 cm³/mol. The van der Waals surface area contributed by atoms with Crippen LogP contribution in [0.25, 0.3) is 22.2 Å². The Morgan fingerprint density at radius 1 is 1.03 bits per heavy atom. The van der Waals surface area contributed by atoms with Gasteiger partial charge >= 0.3 is 0 Å². The lowest BCUT2D eigenvalue weighted by molar-refractivity contribution is 0.0555. The molecule has 0 unspecified atom stereocenters. The van der Waals surface area contributed by atoms with Gasteiger partial charge in [-0.15, -0.1) is 0 Å². The second-order valence-electron chi connectivity index (χ2n) is 8.37. The largest absolute Gasteiger partial charge is 0.486 e. The third kappa shape index (κ3) is 4.13. The number of fused-ring (bicyclic) bond motifs is 2. The fourth-order valence-electron chi connectivity index (χ4n) is 4.38. The number of β-amino-alcohol motifs (C(OH)–C–C–N with tert-alkyl or cyclic N) is 1. The Morgan fingerprint density at radius 2 is 1.78 bits per heavy atom. The van der Waals surface area contributed by atoms with Crippen LogP contribution in [0.3, 0.4) is 0 Å². The summed E-state index contributed by atoms with van der Waals surface area (Å²) >= 11 is 0. The molecule has 1 fully saturated rings. The van der Waals surface area contributed by atoms with Crippen LogP contribution in [0.5, 0.6) is 11.5 Å². The molecule has 0 aliphatic carbocycles. The monoisotopic (exact) mass is 433 g/mol. The third-order valence-corrected chi connectivity index (χ3v) is 5.97. The topological polar surface area (TPSA) is 75.1 Å². The van der Waals surface area contributed by atoms with Crippen molar-refractivity contribution in [1.82, 2.24) is 14.8 Å². The van der Waals surface area contributed by atoms with Crippen molar-refractivity contribution in [2.45, 2.75) is 13.0 Å². The van der Waals surface area contributed by atoms with Crippen LogP contribution in [-0.2, 0) is 0 Å². The number of aliphatic hydroxyl groups is 1. The van der Waals surface area contributed by atoms with E-state index in [0.717, 1.165) is 41.0 Å². The zero-order chi connectivity index (χ0) is 22.1. The number of rotatable bonds is 4. The number of nitrogens with zero attached hydrogens (tertiary/aromatic N) is 3. The first kappa shape index (κ1) is 20.7.